The number of hydrogen-bond acceptors (Lipinski definition) is 9. The number of nitrogens with two attached hydrogens (primary N) is 2. The monoisotopic (exact) mass is 614 g/mol. The molecule has 1 fully saturated rings. The molecule has 2 aromatic rings. The van der Waals surface area contributed by atoms with Gasteiger partial charge in [0.25, 0.3) is 5.91 Å². The van der Waals surface area contributed by atoms with E-state index in [0.717, 1.165) is 31.3 Å². The number of likely N-dealkylation sites (N-methyl/N-ethyl adjacent to an activating group) is 1. The Hall–Kier alpha value is -4.56. The number of hydrazine groups is 1. The topological polar surface area (TPSA) is 142 Å². The van der Waals surface area contributed by atoms with Crippen molar-refractivity contribution in [3.8, 4) is 0 Å². The molecule has 14 heteroatoms. The van der Waals surface area contributed by atoms with Crippen molar-refractivity contribution in [3.05, 3.63) is 83.0 Å². The van der Waals surface area contributed by atoms with E-state index in [1.165, 1.54) is 36.6 Å². The molecule has 1 aliphatic heterocycles. The summed E-state index contributed by atoms with van der Waals surface area (Å²) >= 11 is 0. The number of anilines is 2. The SMILES string of the molecule is CCN1CCN(C2=CC(NC(=O)c3ccc(C)c(N(N)/C=C(\N)c4ccc(NC(=O)OC)nc4)c3)=CC(C(F)(F)F)C2)CC1. The van der Waals surface area contributed by atoms with E-state index in [-0.39, 0.29) is 29.2 Å². The van der Waals surface area contributed by atoms with Crippen LogP contribution in [-0.2, 0) is 4.74 Å². The van der Waals surface area contributed by atoms with Gasteiger partial charge in [-0.3, -0.25) is 15.1 Å². The number of benzene rings is 1. The van der Waals surface area contributed by atoms with Crippen LogP contribution in [0, 0.1) is 12.8 Å². The van der Waals surface area contributed by atoms with Crippen molar-refractivity contribution in [2.24, 2.45) is 17.5 Å². The van der Waals surface area contributed by atoms with E-state index in [0.29, 0.717) is 30.0 Å². The molecule has 11 nitrogen and oxygen atoms in total. The number of methoxy groups -OCH3 is 1. The number of allylic oxidation sites excluding steroid dienone is 3. The molecular weight excluding hydrogens is 577 g/mol. The smallest absolute Gasteiger partial charge is 0.412 e. The Bertz CT molecular complexity index is 1450. The largest absolute Gasteiger partial charge is 0.453 e. The lowest BCUT2D eigenvalue weighted by atomic mass is 9.94. The van der Waals surface area contributed by atoms with Crippen LogP contribution in [0.4, 0.5) is 29.5 Å². The average molecular weight is 615 g/mol. The van der Waals surface area contributed by atoms with Gasteiger partial charge in [-0.15, -0.1) is 0 Å². The van der Waals surface area contributed by atoms with Gasteiger partial charge in [-0.1, -0.05) is 13.0 Å². The summed E-state index contributed by atoms with van der Waals surface area (Å²) in [6.45, 7) is 7.53. The lowest BCUT2D eigenvalue weighted by Gasteiger charge is -2.39. The maximum Gasteiger partial charge on any atom is 0.412 e. The van der Waals surface area contributed by atoms with E-state index in [4.69, 9.17) is 11.6 Å². The van der Waals surface area contributed by atoms with Gasteiger partial charge in [0.1, 0.15) is 5.82 Å². The van der Waals surface area contributed by atoms with Gasteiger partial charge >= 0.3 is 12.3 Å². The zero-order valence-electron chi connectivity index (χ0n) is 24.8. The number of alkyl halides is 3. The third-order valence-electron chi connectivity index (χ3n) is 7.58. The minimum Gasteiger partial charge on any atom is -0.453 e. The zero-order chi connectivity index (χ0) is 32.0. The molecule has 1 aromatic heterocycles. The first-order valence-electron chi connectivity index (χ1n) is 14.1. The lowest BCUT2D eigenvalue weighted by molar-refractivity contribution is -0.162. The van der Waals surface area contributed by atoms with Crippen LogP contribution in [0.25, 0.3) is 5.70 Å². The molecule has 2 aliphatic rings. The van der Waals surface area contributed by atoms with Crippen LogP contribution in [0.5, 0.6) is 0 Å². The molecule has 236 valence electrons. The normalized spacial score (nSPS) is 17.8. The number of pyridine rings is 1. The Morgan fingerprint density at radius 2 is 1.84 bits per heavy atom. The van der Waals surface area contributed by atoms with Crippen LogP contribution in [-0.4, -0.2) is 72.8 Å². The molecule has 0 spiro atoms. The summed E-state index contributed by atoms with van der Waals surface area (Å²) in [5.41, 5.74) is 9.03. The number of amides is 2. The molecule has 0 bridgehead atoms. The van der Waals surface area contributed by atoms with Crippen LogP contribution in [0.1, 0.15) is 34.8 Å². The Kier molecular flexibility index (Phi) is 10.2. The van der Waals surface area contributed by atoms with E-state index >= 15 is 0 Å². The van der Waals surface area contributed by atoms with Crippen molar-refractivity contribution >= 4 is 29.2 Å². The minimum atomic E-state index is -4.45. The predicted octanol–water partition coefficient (Wildman–Crippen LogP) is 3.92. The number of ether oxygens (including phenoxy) is 1. The second-order valence-corrected chi connectivity index (χ2v) is 10.5. The van der Waals surface area contributed by atoms with E-state index in [1.54, 1.807) is 31.2 Å². The number of aromatic nitrogens is 1. The molecule has 2 amide bonds. The van der Waals surface area contributed by atoms with Crippen molar-refractivity contribution in [1.82, 2.24) is 20.1 Å². The van der Waals surface area contributed by atoms with Crippen LogP contribution in [0.3, 0.4) is 0 Å². The van der Waals surface area contributed by atoms with Crippen molar-refractivity contribution in [1.29, 1.82) is 0 Å². The lowest BCUT2D eigenvalue weighted by Crippen LogP contribution is -2.46. The standard InChI is InChI=1S/C30H37F3N8O3/c1-4-39-9-11-40(12-10-39)24-15-22(30(31,32)33)14-23(16-24)37-28(42)20-6-5-19(2)26(13-20)41(35)18-25(34)21-7-8-27(36-17-21)38-29(43)44-3/h5-8,13-14,16-18,22H,4,9-12,15,34-35H2,1-3H3,(H,37,42)(H,36,38,43)/b25-18-. The summed E-state index contributed by atoms with van der Waals surface area (Å²) in [7, 11) is 1.24. The van der Waals surface area contributed by atoms with Crippen molar-refractivity contribution in [3.63, 3.8) is 0 Å². The summed E-state index contributed by atoms with van der Waals surface area (Å²) in [4.78, 5) is 32.9. The number of rotatable bonds is 8. The zero-order valence-corrected chi connectivity index (χ0v) is 24.8. The Morgan fingerprint density at radius 1 is 1.14 bits per heavy atom. The number of aryl methyl sites for hydroxylation is 1. The summed E-state index contributed by atoms with van der Waals surface area (Å²) in [5, 5.41) is 6.35. The van der Waals surface area contributed by atoms with Gasteiger partial charge in [-0.2, -0.15) is 13.2 Å². The first-order chi connectivity index (χ1) is 20.9. The molecule has 1 saturated heterocycles. The molecule has 6 N–H and O–H groups in total. The van der Waals surface area contributed by atoms with Crippen molar-refractivity contribution in [2.45, 2.75) is 26.4 Å². The summed E-state index contributed by atoms with van der Waals surface area (Å²) in [6, 6.07) is 7.97. The van der Waals surface area contributed by atoms with E-state index < -0.39 is 24.1 Å². The van der Waals surface area contributed by atoms with Gasteiger partial charge in [0.2, 0.25) is 0 Å². The fourth-order valence-electron chi connectivity index (χ4n) is 4.97. The molecule has 4 rings (SSSR count). The molecule has 1 unspecified atom stereocenters. The fourth-order valence-corrected chi connectivity index (χ4v) is 4.97. The number of halogens is 3. The third kappa shape index (κ3) is 8.08. The second-order valence-electron chi connectivity index (χ2n) is 10.5. The quantitative estimate of drug-likeness (QED) is 0.257. The van der Waals surface area contributed by atoms with E-state index in [1.807, 2.05) is 4.90 Å². The maximum atomic E-state index is 13.9. The summed E-state index contributed by atoms with van der Waals surface area (Å²) < 4.78 is 46.1. The third-order valence-corrected chi connectivity index (χ3v) is 7.58. The Balaban J connectivity index is 1.51. The molecule has 0 radical (unpaired) electrons. The number of carbonyl (C=O) groups excluding carboxylic acids is 2. The number of carbonyl (C=O) groups is 2. The van der Waals surface area contributed by atoms with Crippen LogP contribution in [0.15, 0.2) is 66.3 Å². The highest BCUT2D eigenvalue weighted by Crippen LogP contribution is 2.37. The van der Waals surface area contributed by atoms with Gasteiger partial charge in [-0.05, 0) is 55.4 Å². The molecule has 2 heterocycles. The Labute approximate surface area is 254 Å². The highest BCUT2D eigenvalue weighted by atomic mass is 19.4. The molecule has 44 heavy (non-hydrogen) atoms. The second kappa shape index (κ2) is 13.8. The number of nitrogens with zero attached hydrogens (tertiary/aromatic N) is 4. The van der Waals surface area contributed by atoms with Gasteiger partial charge in [-0.25, -0.2) is 15.6 Å². The molecule has 1 aliphatic carbocycles. The van der Waals surface area contributed by atoms with E-state index in [9.17, 15) is 22.8 Å². The summed E-state index contributed by atoms with van der Waals surface area (Å²) in [6.07, 6.45) is 0.311. The number of nitrogens with one attached hydrogen (secondary N) is 2. The molecule has 0 saturated carbocycles. The highest BCUT2D eigenvalue weighted by molar-refractivity contribution is 5.96. The first-order valence-corrected chi connectivity index (χ1v) is 14.1. The maximum absolute atomic E-state index is 13.9. The highest BCUT2D eigenvalue weighted by Gasteiger charge is 2.41. The number of piperazine rings is 1. The van der Waals surface area contributed by atoms with Crippen molar-refractivity contribution < 1.29 is 27.5 Å². The minimum absolute atomic E-state index is 0.102. The average Bonchev–Trinajstić information content (AvgIpc) is 3.00. The molecule has 1 aromatic carbocycles. The summed E-state index contributed by atoms with van der Waals surface area (Å²) in [5.74, 6) is 4.27. The van der Waals surface area contributed by atoms with Crippen LogP contribution in [0.2, 0.25) is 0 Å². The van der Waals surface area contributed by atoms with Gasteiger partial charge in [0.15, 0.2) is 0 Å². The molecular formula is C30H37F3N8O3. The van der Waals surface area contributed by atoms with Gasteiger partial charge in [0, 0.05) is 67.5 Å². The van der Waals surface area contributed by atoms with Gasteiger partial charge in [0.05, 0.1) is 24.4 Å². The van der Waals surface area contributed by atoms with Crippen LogP contribution >= 0.6 is 0 Å². The number of hydrogen-bond donors (Lipinski definition) is 4. The van der Waals surface area contributed by atoms with Crippen LogP contribution < -0.4 is 27.2 Å². The first kappa shape index (κ1) is 32.4. The van der Waals surface area contributed by atoms with Crippen molar-refractivity contribution in [2.75, 3.05) is 50.2 Å². The van der Waals surface area contributed by atoms with Gasteiger partial charge < -0.3 is 25.6 Å². The Morgan fingerprint density at radius 3 is 2.45 bits per heavy atom. The van der Waals surface area contributed by atoms with E-state index in [2.05, 4.69) is 32.2 Å². The fraction of sp³-hybridized carbons (Fsp3) is 0.367. The predicted molar refractivity (Wildman–Crippen MR) is 162 cm³/mol. The molecule has 1 atom stereocenters.